The Morgan fingerprint density at radius 3 is 2.64 bits per heavy atom. The predicted octanol–water partition coefficient (Wildman–Crippen LogP) is 1.45. The number of amides is 1. The van der Waals surface area contributed by atoms with Crippen molar-refractivity contribution in [2.24, 2.45) is 0 Å². The molecule has 0 atom stereocenters. The van der Waals surface area contributed by atoms with Gasteiger partial charge in [-0.25, -0.2) is 0 Å². The van der Waals surface area contributed by atoms with Gasteiger partial charge in [-0.2, -0.15) is 0 Å². The Balaban J connectivity index is 1.71. The van der Waals surface area contributed by atoms with Crippen LogP contribution in [0.5, 0.6) is 5.75 Å². The van der Waals surface area contributed by atoms with Crippen LogP contribution in [0.2, 0.25) is 0 Å². The standard InChI is InChI=1S/C16H19NO5/c18-14(17-9-8-15(19)20)6-7-16(21)22-13-5-4-11-2-1-3-12(11)10-13/h4-5,10H,1-3,6-9H2,(H,17,18)(H,19,20). The zero-order chi connectivity index (χ0) is 15.9. The third-order valence-electron chi connectivity index (χ3n) is 3.52. The van der Waals surface area contributed by atoms with E-state index >= 15 is 0 Å². The number of aliphatic carboxylic acids is 1. The van der Waals surface area contributed by atoms with Gasteiger partial charge in [-0.3, -0.25) is 14.4 Å². The number of aryl methyl sites for hydroxylation is 2. The second kappa shape index (κ2) is 7.59. The highest BCUT2D eigenvalue weighted by molar-refractivity contribution is 5.82. The van der Waals surface area contributed by atoms with E-state index in [1.54, 1.807) is 6.07 Å². The van der Waals surface area contributed by atoms with E-state index in [4.69, 9.17) is 9.84 Å². The number of carboxylic acid groups (broad SMARTS) is 1. The van der Waals surface area contributed by atoms with Gasteiger partial charge < -0.3 is 15.2 Å². The third-order valence-corrected chi connectivity index (χ3v) is 3.52. The molecule has 2 rings (SSSR count). The van der Waals surface area contributed by atoms with E-state index in [2.05, 4.69) is 5.32 Å². The molecule has 0 saturated heterocycles. The highest BCUT2D eigenvalue weighted by Gasteiger charge is 2.13. The van der Waals surface area contributed by atoms with Gasteiger partial charge in [0, 0.05) is 13.0 Å². The molecule has 1 amide bonds. The lowest BCUT2D eigenvalue weighted by Crippen LogP contribution is -2.26. The molecule has 1 aliphatic carbocycles. The second-order valence-corrected chi connectivity index (χ2v) is 5.25. The Labute approximate surface area is 128 Å². The lowest BCUT2D eigenvalue weighted by Gasteiger charge is -2.07. The summed E-state index contributed by atoms with van der Waals surface area (Å²) < 4.78 is 5.22. The van der Waals surface area contributed by atoms with Crippen LogP contribution in [-0.4, -0.2) is 29.5 Å². The van der Waals surface area contributed by atoms with Gasteiger partial charge in [-0.15, -0.1) is 0 Å². The van der Waals surface area contributed by atoms with E-state index in [1.165, 1.54) is 11.1 Å². The maximum absolute atomic E-state index is 11.7. The zero-order valence-corrected chi connectivity index (χ0v) is 12.3. The Kier molecular flexibility index (Phi) is 5.52. The van der Waals surface area contributed by atoms with Crippen molar-refractivity contribution in [2.45, 2.75) is 38.5 Å². The van der Waals surface area contributed by atoms with E-state index in [-0.39, 0.29) is 31.7 Å². The van der Waals surface area contributed by atoms with Crippen molar-refractivity contribution in [3.8, 4) is 5.75 Å². The minimum absolute atomic E-state index is 0.0105. The van der Waals surface area contributed by atoms with E-state index in [9.17, 15) is 14.4 Å². The highest BCUT2D eigenvalue weighted by Crippen LogP contribution is 2.26. The van der Waals surface area contributed by atoms with Gasteiger partial charge in [-0.1, -0.05) is 6.07 Å². The summed E-state index contributed by atoms with van der Waals surface area (Å²) in [4.78, 5) is 33.4. The maximum Gasteiger partial charge on any atom is 0.311 e. The van der Waals surface area contributed by atoms with Crippen molar-refractivity contribution in [2.75, 3.05) is 6.54 Å². The number of nitrogens with one attached hydrogen (secondary N) is 1. The first kappa shape index (κ1) is 16.0. The maximum atomic E-state index is 11.7. The van der Waals surface area contributed by atoms with Crippen LogP contribution in [0, 0.1) is 0 Å². The first-order chi connectivity index (χ1) is 10.5. The van der Waals surface area contributed by atoms with Crippen molar-refractivity contribution in [3.05, 3.63) is 29.3 Å². The lowest BCUT2D eigenvalue weighted by molar-refractivity contribution is -0.138. The summed E-state index contributed by atoms with van der Waals surface area (Å²) in [6.07, 6.45) is 3.03. The number of fused-ring (bicyclic) bond motifs is 1. The van der Waals surface area contributed by atoms with Crippen molar-refractivity contribution >= 4 is 17.8 Å². The lowest BCUT2D eigenvalue weighted by atomic mass is 10.1. The fourth-order valence-corrected chi connectivity index (χ4v) is 2.41. The van der Waals surface area contributed by atoms with Crippen LogP contribution in [0.3, 0.4) is 0 Å². The Morgan fingerprint density at radius 2 is 1.86 bits per heavy atom. The van der Waals surface area contributed by atoms with Gasteiger partial charge >= 0.3 is 11.9 Å². The molecule has 0 fully saturated rings. The quantitative estimate of drug-likeness (QED) is 0.587. The molecule has 0 aliphatic heterocycles. The molecule has 6 nitrogen and oxygen atoms in total. The number of carboxylic acids is 1. The number of ether oxygens (including phenoxy) is 1. The summed E-state index contributed by atoms with van der Waals surface area (Å²) in [6.45, 7) is 0.0635. The monoisotopic (exact) mass is 305 g/mol. The van der Waals surface area contributed by atoms with Crippen LogP contribution in [0.25, 0.3) is 0 Å². The summed E-state index contributed by atoms with van der Waals surface area (Å²) in [6, 6.07) is 5.63. The first-order valence-corrected chi connectivity index (χ1v) is 7.35. The molecule has 0 saturated carbocycles. The van der Waals surface area contributed by atoms with Crippen molar-refractivity contribution in [1.82, 2.24) is 5.32 Å². The molecular formula is C16H19NO5. The molecule has 0 radical (unpaired) electrons. The van der Waals surface area contributed by atoms with Crippen LogP contribution < -0.4 is 10.1 Å². The Morgan fingerprint density at radius 1 is 1.09 bits per heavy atom. The molecule has 1 aromatic carbocycles. The van der Waals surface area contributed by atoms with Crippen LogP contribution in [0.1, 0.15) is 36.8 Å². The molecule has 2 N–H and O–H groups in total. The van der Waals surface area contributed by atoms with E-state index in [0.717, 1.165) is 19.3 Å². The fourth-order valence-electron chi connectivity index (χ4n) is 2.41. The molecule has 22 heavy (non-hydrogen) atoms. The van der Waals surface area contributed by atoms with Crippen molar-refractivity contribution in [3.63, 3.8) is 0 Å². The minimum Gasteiger partial charge on any atom is -0.481 e. The van der Waals surface area contributed by atoms with Gasteiger partial charge in [0.2, 0.25) is 5.91 Å². The molecule has 0 aromatic heterocycles. The van der Waals surface area contributed by atoms with Crippen LogP contribution in [0.4, 0.5) is 0 Å². The summed E-state index contributed by atoms with van der Waals surface area (Å²) >= 11 is 0. The van der Waals surface area contributed by atoms with Crippen molar-refractivity contribution in [1.29, 1.82) is 0 Å². The molecular weight excluding hydrogens is 286 g/mol. The van der Waals surface area contributed by atoms with Crippen LogP contribution in [0.15, 0.2) is 18.2 Å². The smallest absolute Gasteiger partial charge is 0.311 e. The van der Waals surface area contributed by atoms with Gasteiger partial charge in [-0.05, 0) is 42.5 Å². The molecule has 1 aromatic rings. The van der Waals surface area contributed by atoms with E-state index in [1.807, 2.05) is 12.1 Å². The number of esters is 1. The number of carbonyl (C=O) groups is 3. The average Bonchev–Trinajstić information content (AvgIpc) is 2.92. The Hall–Kier alpha value is -2.37. The van der Waals surface area contributed by atoms with Crippen molar-refractivity contribution < 1.29 is 24.2 Å². The van der Waals surface area contributed by atoms with E-state index in [0.29, 0.717) is 5.75 Å². The first-order valence-electron chi connectivity index (χ1n) is 7.35. The molecule has 118 valence electrons. The second-order valence-electron chi connectivity index (χ2n) is 5.25. The molecule has 0 spiro atoms. The number of hydrogen-bond donors (Lipinski definition) is 2. The molecule has 0 unspecified atom stereocenters. The van der Waals surface area contributed by atoms with Crippen LogP contribution >= 0.6 is 0 Å². The molecule has 6 heteroatoms. The third kappa shape index (κ3) is 4.87. The zero-order valence-electron chi connectivity index (χ0n) is 12.3. The minimum atomic E-state index is -0.976. The summed E-state index contributed by atoms with van der Waals surface area (Å²) in [5.41, 5.74) is 2.52. The van der Waals surface area contributed by atoms with Crippen LogP contribution in [-0.2, 0) is 27.2 Å². The highest BCUT2D eigenvalue weighted by atomic mass is 16.5. The molecule has 0 heterocycles. The Bertz CT molecular complexity index is 582. The number of hydrogen-bond acceptors (Lipinski definition) is 4. The van der Waals surface area contributed by atoms with Gasteiger partial charge in [0.05, 0.1) is 12.8 Å². The summed E-state index contributed by atoms with van der Waals surface area (Å²) in [7, 11) is 0. The summed E-state index contributed by atoms with van der Waals surface area (Å²) in [5, 5.41) is 10.9. The van der Waals surface area contributed by atoms with Gasteiger partial charge in [0.25, 0.3) is 0 Å². The fraction of sp³-hybridized carbons (Fsp3) is 0.438. The van der Waals surface area contributed by atoms with Gasteiger partial charge in [0.1, 0.15) is 5.75 Å². The topological polar surface area (TPSA) is 92.7 Å². The summed E-state index contributed by atoms with van der Waals surface area (Å²) in [5.74, 6) is -1.29. The molecule has 1 aliphatic rings. The number of benzene rings is 1. The normalized spacial score (nSPS) is 12.5. The SMILES string of the molecule is O=C(O)CCNC(=O)CCC(=O)Oc1ccc2c(c1)CCC2. The molecule has 0 bridgehead atoms. The number of rotatable bonds is 7. The largest absolute Gasteiger partial charge is 0.481 e. The van der Waals surface area contributed by atoms with E-state index < -0.39 is 11.9 Å². The van der Waals surface area contributed by atoms with Gasteiger partial charge in [0.15, 0.2) is 0 Å². The number of carbonyl (C=O) groups excluding carboxylic acids is 2. The predicted molar refractivity (Wildman–Crippen MR) is 78.6 cm³/mol. The average molecular weight is 305 g/mol.